The maximum Gasteiger partial charge on any atom is 0.256 e. The molecule has 0 saturated carbocycles. The van der Waals surface area contributed by atoms with E-state index in [1.807, 2.05) is 13.0 Å². The van der Waals surface area contributed by atoms with Gasteiger partial charge in [-0.3, -0.25) is 14.4 Å². The van der Waals surface area contributed by atoms with Gasteiger partial charge in [-0.2, -0.15) is 0 Å². The van der Waals surface area contributed by atoms with Gasteiger partial charge in [-0.25, -0.2) is 0 Å². The summed E-state index contributed by atoms with van der Waals surface area (Å²) in [5.41, 5.74) is 1.37. The van der Waals surface area contributed by atoms with Gasteiger partial charge >= 0.3 is 0 Å². The Labute approximate surface area is 157 Å². The van der Waals surface area contributed by atoms with Gasteiger partial charge in [0.1, 0.15) is 18.8 Å². The smallest absolute Gasteiger partial charge is 0.256 e. The fourth-order valence-corrected chi connectivity index (χ4v) is 2.95. The Morgan fingerprint density at radius 2 is 1.81 bits per heavy atom. The summed E-state index contributed by atoms with van der Waals surface area (Å²) < 4.78 is 5.51. The van der Waals surface area contributed by atoms with Crippen LogP contribution in [0.5, 0.6) is 5.75 Å². The number of carbonyl (C=O) groups excluding carboxylic acids is 3. The van der Waals surface area contributed by atoms with E-state index >= 15 is 0 Å². The highest BCUT2D eigenvalue weighted by Crippen LogP contribution is 2.26. The van der Waals surface area contributed by atoms with E-state index in [-0.39, 0.29) is 30.8 Å². The molecule has 2 aromatic carbocycles. The largest absolute Gasteiger partial charge is 0.492 e. The lowest BCUT2D eigenvalue weighted by molar-refractivity contribution is -0.121. The quantitative estimate of drug-likeness (QED) is 0.878. The zero-order valence-electron chi connectivity index (χ0n) is 15.3. The molecule has 0 unspecified atom stereocenters. The van der Waals surface area contributed by atoms with Gasteiger partial charge in [-0.05, 0) is 31.2 Å². The Balaban J connectivity index is 1.84. The van der Waals surface area contributed by atoms with Crippen molar-refractivity contribution in [1.29, 1.82) is 0 Å². The fourth-order valence-electron chi connectivity index (χ4n) is 2.95. The first-order chi connectivity index (χ1) is 13.0. The average molecular weight is 367 g/mol. The zero-order chi connectivity index (χ0) is 19.4. The van der Waals surface area contributed by atoms with E-state index in [0.29, 0.717) is 29.3 Å². The van der Waals surface area contributed by atoms with Gasteiger partial charge in [-0.1, -0.05) is 24.3 Å². The first kappa shape index (κ1) is 18.4. The molecule has 1 aliphatic rings. The van der Waals surface area contributed by atoms with E-state index in [1.165, 1.54) is 9.80 Å². The Hall–Kier alpha value is -3.35. The molecule has 0 atom stereocenters. The predicted molar refractivity (Wildman–Crippen MR) is 102 cm³/mol. The van der Waals surface area contributed by atoms with Crippen LogP contribution in [0.25, 0.3) is 0 Å². The first-order valence-corrected chi connectivity index (χ1v) is 8.67. The molecule has 0 radical (unpaired) electrons. The Bertz CT molecular complexity index is 881. The standard InChI is InChI=1S/C20H21N3O4/c1-3-27-17-11-7-5-9-15(17)21-18(24)12-23-16-10-6-4-8-14(16)20(26)22(2)13-19(23)25/h4-11H,3,12-13H2,1-2H3,(H,21,24). The summed E-state index contributed by atoms with van der Waals surface area (Å²) in [7, 11) is 1.57. The molecule has 0 aliphatic carbocycles. The van der Waals surface area contributed by atoms with Crippen LogP contribution in [-0.2, 0) is 9.59 Å². The van der Waals surface area contributed by atoms with Crippen LogP contribution >= 0.6 is 0 Å². The number of hydrogen-bond donors (Lipinski definition) is 1. The molecule has 7 nitrogen and oxygen atoms in total. The van der Waals surface area contributed by atoms with E-state index in [1.54, 1.807) is 49.5 Å². The zero-order valence-corrected chi connectivity index (χ0v) is 15.3. The van der Waals surface area contributed by atoms with Crippen molar-refractivity contribution in [3.63, 3.8) is 0 Å². The van der Waals surface area contributed by atoms with Crippen LogP contribution in [0.15, 0.2) is 48.5 Å². The molecule has 1 N–H and O–H groups in total. The topological polar surface area (TPSA) is 79.0 Å². The minimum Gasteiger partial charge on any atom is -0.492 e. The van der Waals surface area contributed by atoms with E-state index in [4.69, 9.17) is 4.74 Å². The number of para-hydroxylation sites is 3. The molecule has 2 aromatic rings. The van der Waals surface area contributed by atoms with E-state index in [2.05, 4.69) is 5.32 Å². The Kier molecular flexibility index (Phi) is 5.40. The van der Waals surface area contributed by atoms with Crippen LogP contribution in [-0.4, -0.2) is 49.4 Å². The summed E-state index contributed by atoms with van der Waals surface area (Å²) in [6.07, 6.45) is 0. The lowest BCUT2D eigenvalue weighted by Gasteiger charge is -2.22. The maximum atomic E-state index is 12.6. The van der Waals surface area contributed by atoms with Gasteiger partial charge in [0, 0.05) is 7.05 Å². The number of amides is 3. The molecule has 1 heterocycles. The second-order valence-corrected chi connectivity index (χ2v) is 6.14. The number of anilines is 2. The van der Waals surface area contributed by atoms with Gasteiger partial charge < -0.3 is 19.9 Å². The summed E-state index contributed by atoms with van der Waals surface area (Å²) in [6, 6.07) is 13.9. The average Bonchev–Trinajstić information content (AvgIpc) is 2.74. The van der Waals surface area contributed by atoms with Gasteiger partial charge in [0.2, 0.25) is 11.8 Å². The highest BCUT2D eigenvalue weighted by atomic mass is 16.5. The van der Waals surface area contributed by atoms with Crippen molar-refractivity contribution in [2.75, 3.05) is 37.0 Å². The van der Waals surface area contributed by atoms with Crippen LogP contribution in [0.2, 0.25) is 0 Å². The van der Waals surface area contributed by atoms with E-state index < -0.39 is 0 Å². The van der Waals surface area contributed by atoms with Crippen LogP contribution in [0.1, 0.15) is 17.3 Å². The van der Waals surface area contributed by atoms with Crippen LogP contribution in [0.3, 0.4) is 0 Å². The Morgan fingerprint density at radius 3 is 2.59 bits per heavy atom. The minimum absolute atomic E-state index is 0.0870. The molecule has 140 valence electrons. The van der Waals surface area contributed by atoms with E-state index in [9.17, 15) is 14.4 Å². The summed E-state index contributed by atoms with van der Waals surface area (Å²) in [5.74, 6) is -0.374. The predicted octanol–water partition coefficient (Wildman–Crippen LogP) is 2.14. The third-order valence-corrected chi connectivity index (χ3v) is 4.21. The third kappa shape index (κ3) is 3.92. The van der Waals surface area contributed by atoms with E-state index in [0.717, 1.165) is 0 Å². The maximum absolute atomic E-state index is 12.6. The first-order valence-electron chi connectivity index (χ1n) is 8.67. The van der Waals surface area contributed by atoms with Crippen molar-refractivity contribution in [1.82, 2.24) is 4.90 Å². The van der Waals surface area contributed by atoms with Crippen LogP contribution in [0.4, 0.5) is 11.4 Å². The lowest BCUT2D eigenvalue weighted by atomic mass is 10.1. The van der Waals surface area contributed by atoms with Gasteiger partial charge in [-0.15, -0.1) is 0 Å². The minimum atomic E-state index is -0.373. The SMILES string of the molecule is CCOc1ccccc1NC(=O)CN1C(=O)CN(C)C(=O)c2ccccc21. The molecule has 7 heteroatoms. The molecule has 3 amide bonds. The number of hydrogen-bond acceptors (Lipinski definition) is 4. The molecule has 0 spiro atoms. The fraction of sp³-hybridized carbons (Fsp3) is 0.250. The summed E-state index contributed by atoms with van der Waals surface area (Å²) >= 11 is 0. The van der Waals surface area contributed by atoms with Crippen LogP contribution in [0, 0.1) is 0 Å². The molecule has 1 aliphatic heterocycles. The van der Waals surface area contributed by atoms with Crippen molar-refractivity contribution in [3.8, 4) is 5.75 Å². The number of carbonyl (C=O) groups is 3. The molecule has 0 aromatic heterocycles. The van der Waals surface area contributed by atoms with Crippen molar-refractivity contribution in [2.45, 2.75) is 6.92 Å². The summed E-state index contributed by atoms with van der Waals surface area (Å²) in [6.45, 7) is 2.05. The number of ether oxygens (including phenoxy) is 1. The second kappa shape index (κ2) is 7.90. The van der Waals surface area contributed by atoms with Gasteiger partial charge in [0.15, 0.2) is 0 Å². The molecular weight excluding hydrogens is 346 g/mol. The summed E-state index contributed by atoms with van der Waals surface area (Å²) in [5, 5.41) is 2.78. The third-order valence-electron chi connectivity index (χ3n) is 4.21. The van der Waals surface area contributed by atoms with Crippen molar-refractivity contribution >= 4 is 29.1 Å². The van der Waals surface area contributed by atoms with Gasteiger partial charge in [0.25, 0.3) is 5.91 Å². The molecular formula is C20H21N3O4. The van der Waals surface area contributed by atoms with Gasteiger partial charge in [0.05, 0.1) is 23.5 Å². The number of likely N-dealkylation sites (N-methyl/N-ethyl adjacent to an activating group) is 1. The molecule has 3 rings (SSSR count). The summed E-state index contributed by atoms with van der Waals surface area (Å²) in [4.78, 5) is 40.4. The van der Waals surface area contributed by atoms with Crippen molar-refractivity contribution in [3.05, 3.63) is 54.1 Å². The number of rotatable bonds is 5. The normalized spacial score (nSPS) is 13.9. The lowest BCUT2D eigenvalue weighted by Crippen LogP contribution is -2.41. The molecule has 27 heavy (non-hydrogen) atoms. The Morgan fingerprint density at radius 1 is 1.11 bits per heavy atom. The number of nitrogens with zero attached hydrogens (tertiary/aromatic N) is 2. The van der Waals surface area contributed by atoms with Crippen molar-refractivity contribution < 1.29 is 19.1 Å². The molecule has 0 fully saturated rings. The van der Waals surface area contributed by atoms with Crippen molar-refractivity contribution in [2.24, 2.45) is 0 Å². The monoisotopic (exact) mass is 367 g/mol. The molecule has 0 bridgehead atoms. The second-order valence-electron chi connectivity index (χ2n) is 6.14. The number of fused-ring (bicyclic) bond motifs is 1. The highest BCUT2D eigenvalue weighted by molar-refractivity contribution is 6.12. The highest BCUT2D eigenvalue weighted by Gasteiger charge is 2.30. The number of benzene rings is 2. The number of nitrogens with one attached hydrogen (secondary N) is 1. The van der Waals surface area contributed by atoms with Crippen LogP contribution < -0.4 is 15.0 Å². The molecule has 0 saturated heterocycles.